The number of hydrogen-bond donors (Lipinski definition) is 0. The fraction of sp³-hybridized carbons (Fsp3) is 0.455. The highest BCUT2D eigenvalue weighted by Crippen LogP contribution is 2.29. The summed E-state index contributed by atoms with van der Waals surface area (Å²) < 4.78 is 11.0. The summed E-state index contributed by atoms with van der Waals surface area (Å²) in [6, 6.07) is 13.1. The molecule has 0 atom stereocenters. The van der Waals surface area contributed by atoms with Gasteiger partial charge in [0.05, 0.1) is 14.2 Å². The zero-order valence-corrected chi connectivity index (χ0v) is 15.8. The highest BCUT2D eigenvalue weighted by atomic mass is 16.5. The first-order chi connectivity index (χ1) is 11.5. The van der Waals surface area contributed by atoms with Crippen molar-refractivity contribution in [3.8, 4) is 11.5 Å². The average Bonchev–Trinajstić information content (AvgIpc) is 2.59. The van der Waals surface area contributed by atoms with Crippen LogP contribution < -0.4 is 9.47 Å². The molecule has 2 rings (SSSR count). The van der Waals surface area contributed by atoms with Crippen LogP contribution in [0.25, 0.3) is 0 Å². The smallest absolute Gasteiger partial charge is 0.122 e. The van der Waals surface area contributed by atoms with Crippen LogP contribution in [0.15, 0.2) is 36.4 Å². The van der Waals surface area contributed by atoms with Gasteiger partial charge in [-0.1, -0.05) is 52.0 Å². The molecule has 0 aliphatic rings. The highest BCUT2D eigenvalue weighted by molar-refractivity contribution is 5.41. The van der Waals surface area contributed by atoms with Crippen molar-refractivity contribution in [1.82, 2.24) is 0 Å². The molecule has 2 aromatic rings. The lowest BCUT2D eigenvalue weighted by Gasteiger charge is -2.15. The van der Waals surface area contributed by atoms with Crippen molar-refractivity contribution < 1.29 is 9.47 Å². The van der Waals surface area contributed by atoms with Gasteiger partial charge < -0.3 is 9.47 Å². The normalized spacial score (nSPS) is 11.2. The number of methoxy groups -OCH3 is 2. The first-order valence-corrected chi connectivity index (χ1v) is 8.79. The molecule has 0 spiro atoms. The largest absolute Gasteiger partial charge is 0.496 e. The van der Waals surface area contributed by atoms with E-state index in [0.29, 0.717) is 11.8 Å². The van der Waals surface area contributed by atoms with Crippen molar-refractivity contribution in [2.75, 3.05) is 14.2 Å². The maximum atomic E-state index is 5.48. The van der Waals surface area contributed by atoms with E-state index < -0.39 is 0 Å². The van der Waals surface area contributed by atoms with Gasteiger partial charge in [0.2, 0.25) is 0 Å². The standard InChI is InChI=1S/C22H30O2/c1-15(2)19-13-17(9-11-21(19)23-5)7-8-18-10-12-22(24-6)20(14-18)16(3)4/h9-16H,7-8H2,1-6H3. The summed E-state index contributed by atoms with van der Waals surface area (Å²) in [7, 11) is 3.48. The van der Waals surface area contributed by atoms with Gasteiger partial charge >= 0.3 is 0 Å². The molecular formula is C22H30O2. The molecule has 130 valence electrons. The molecular weight excluding hydrogens is 296 g/mol. The molecule has 2 heteroatoms. The molecule has 0 aliphatic carbocycles. The van der Waals surface area contributed by atoms with Crippen LogP contribution in [0.1, 0.15) is 61.8 Å². The van der Waals surface area contributed by atoms with Crippen LogP contribution in [0.2, 0.25) is 0 Å². The highest BCUT2D eigenvalue weighted by Gasteiger charge is 2.10. The predicted molar refractivity (Wildman–Crippen MR) is 102 cm³/mol. The zero-order valence-electron chi connectivity index (χ0n) is 15.8. The van der Waals surface area contributed by atoms with Crippen molar-refractivity contribution >= 4 is 0 Å². The molecule has 0 unspecified atom stereocenters. The Bertz CT molecular complexity index is 612. The van der Waals surface area contributed by atoms with E-state index in [0.717, 1.165) is 24.3 Å². The number of ether oxygens (including phenoxy) is 2. The van der Waals surface area contributed by atoms with Crippen LogP contribution in [0.3, 0.4) is 0 Å². The van der Waals surface area contributed by atoms with Gasteiger partial charge in [0, 0.05) is 0 Å². The Morgan fingerprint density at radius 2 is 1.04 bits per heavy atom. The van der Waals surface area contributed by atoms with Crippen molar-refractivity contribution in [3.05, 3.63) is 58.7 Å². The quantitative estimate of drug-likeness (QED) is 0.646. The summed E-state index contributed by atoms with van der Waals surface area (Å²) in [5.74, 6) is 2.91. The van der Waals surface area contributed by atoms with Gasteiger partial charge in [0.25, 0.3) is 0 Å². The van der Waals surface area contributed by atoms with Crippen LogP contribution in [-0.2, 0) is 12.8 Å². The fourth-order valence-electron chi connectivity index (χ4n) is 3.07. The lowest BCUT2D eigenvalue weighted by Crippen LogP contribution is -1.99. The second-order valence-electron chi connectivity index (χ2n) is 6.96. The Morgan fingerprint density at radius 1 is 0.667 bits per heavy atom. The van der Waals surface area contributed by atoms with E-state index in [2.05, 4.69) is 64.1 Å². The molecule has 0 saturated heterocycles. The van der Waals surface area contributed by atoms with Crippen molar-refractivity contribution in [1.29, 1.82) is 0 Å². The molecule has 0 aliphatic heterocycles. The molecule has 24 heavy (non-hydrogen) atoms. The van der Waals surface area contributed by atoms with Gasteiger partial charge in [-0.15, -0.1) is 0 Å². The molecule has 0 fully saturated rings. The minimum absolute atomic E-state index is 0.466. The van der Waals surface area contributed by atoms with E-state index in [1.807, 2.05) is 0 Å². The molecule has 0 N–H and O–H groups in total. The molecule has 0 aromatic heterocycles. The van der Waals surface area contributed by atoms with Crippen LogP contribution >= 0.6 is 0 Å². The molecule has 2 nitrogen and oxygen atoms in total. The lowest BCUT2D eigenvalue weighted by molar-refractivity contribution is 0.407. The zero-order chi connectivity index (χ0) is 17.7. The summed E-state index contributed by atoms with van der Waals surface area (Å²) in [5, 5.41) is 0. The minimum Gasteiger partial charge on any atom is -0.496 e. The molecule has 2 aromatic carbocycles. The SMILES string of the molecule is COc1ccc(CCc2ccc(OC)c(C(C)C)c2)cc1C(C)C. The monoisotopic (exact) mass is 326 g/mol. The van der Waals surface area contributed by atoms with E-state index in [9.17, 15) is 0 Å². The third-order valence-electron chi connectivity index (χ3n) is 4.53. The molecule has 0 bridgehead atoms. The summed E-state index contributed by atoms with van der Waals surface area (Å²) in [4.78, 5) is 0. The fourth-order valence-corrected chi connectivity index (χ4v) is 3.07. The molecule has 0 radical (unpaired) electrons. The number of rotatable bonds is 7. The number of benzene rings is 2. The van der Waals surface area contributed by atoms with Crippen molar-refractivity contribution in [2.24, 2.45) is 0 Å². The number of aryl methyl sites for hydroxylation is 2. The third kappa shape index (κ3) is 4.31. The summed E-state index contributed by atoms with van der Waals surface area (Å²) in [5.41, 5.74) is 5.29. The third-order valence-corrected chi connectivity index (χ3v) is 4.53. The van der Waals surface area contributed by atoms with E-state index in [-0.39, 0.29) is 0 Å². The van der Waals surface area contributed by atoms with E-state index in [1.165, 1.54) is 22.3 Å². The van der Waals surface area contributed by atoms with Gasteiger partial charge in [0.1, 0.15) is 11.5 Å². The second kappa shape index (κ2) is 8.23. The average molecular weight is 326 g/mol. The molecule has 0 amide bonds. The Morgan fingerprint density at radius 3 is 1.33 bits per heavy atom. The van der Waals surface area contributed by atoms with Gasteiger partial charge in [-0.2, -0.15) is 0 Å². The van der Waals surface area contributed by atoms with Gasteiger partial charge in [-0.25, -0.2) is 0 Å². The lowest BCUT2D eigenvalue weighted by atomic mass is 9.94. The Labute approximate surface area is 146 Å². The molecule has 0 saturated carbocycles. The Hall–Kier alpha value is -1.96. The van der Waals surface area contributed by atoms with E-state index in [4.69, 9.17) is 9.47 Å². The maximum absolute atomic E-state index is 5.48. The Kier molecular flexibility index (Phi) is 6.30. The van der Waals surface area contributed by atoms with E-state index in [1.54, 1.807) is 14.2 Å². The van der Waals surface area contributed by atoms with Crippen molar-refractivity contribution in [3.63, 3.8) is 0 Å². The van der Waals surface area contributed by atoms with Crippen LogP contribution in [0.5, 0.6) is 11.5 Å². The first-order valence-electron chi connectivity index (χ1n) is 8.79. The first kappa shape index (κ1) is 18.4. The second-order valence-corrected chi connectivity index (χ2v) is 6.96. The van der Waals surface area contributed by atoms with Gasteiger partial charge in [-0.05, 0) is 59.1 Å². The van der Waals surface area contributed by atoms with Crippen LogP contribution in [0, 0.1) is 0 Å². The summed E-state index contributed by atoms with van der Waals surface area (Å²) >= 11 is 0. The van der Waals surface area contributed by atoms with Gasteiger partial charge in [-0.3, -0.25) is 0 Å². The van der Waals surface area contributed by atoms with Crippen LogP contribution in [0.4, 0.5) is 0 Å². The maximum Gasteiger partial charge on any atom is 0.122 e. The van der Waals surface area contributed by atoms with Gasteiger partial charge in [0.15, 0.2) is 0 Å². The minimum atomic E-state index is 0.466. The van der Waals surface area contributed by atoms with Crippen molar-refractivity contribution in [2.45, 2.75) is 52.4 Å². The van der Waals surface area contributed by atoms with E-state index >= 15 is 0 Å². The Balaban J connectivity index is 2.16. The summed E-state index contributed by atoms with van der Waals surface area (Å²) in [6.07, 6.45) is 2.07. The summed E-state index contributed by atoms with van der Waals surface area (Å²) in [6.45, 7) is 8.83. The van der Waals surface area contributed by atoms with Crippen LogP contribution in [-0.4, -0.2) is 14.2 Å². The predicted octanol–water partition coefficient (Wildman–Crippen LogP) is 5.74. The topological polar surface area (TPSA) is 18.5 Å². The molecule has 0 heterocycles. The number of hydrogen-bond acceptors (Lipinski definition) is 2.